The molecule has 1 aromatic heterocycles. The van der Waals surface area contributed by atoms with Crippen LogP contribution in [0, 0.1) is 0 Å². The molecular formula is C14H18N2OS. The van der Waals surface area contributed by atoms with Gasteiger partial charge in [-0.1, -0.05) is 38.1 Å². The summed E-state index contributed by atoms with van der Waals surface area (Å²) < 4.78 is 0. The highest BCUT2D eigenvalue weighted by molar-refractivity contribution is 7.09. The molecule has 2 rings (SSSR count). The van der Waals surface area contributed by atoms with Crippen molar-refractivity contribution in [3.63, 3.8) is 0 Å². The third kappa shape index (κ3) is 3.16. The molecule has 0 saturated carbocycles. The fraction of sp³-hybridized carbons (Fsp3) is 0.357. The van der Waals surface area contributed by atoms with Gasteiger partial charge in [-0.05, 0) is 11.5 Å². The van der Waals surface area contributed by atoms with Gasteiger partial charge in [0.1, 0.15) is 0 Å². The van der Waals surface area contributed by atoms with Crippen LogP contribution < -0.4 is 5.90 Å². The van der Waals surface area contributed by atoms with Crippen molar-refractivity contribution in [3.05, 3.63) is 40.2 Å². The normalized spacial score (nSPS) is 11.1. The minimum atomic E-state index is 0.513. The Balaban J connectivity index is 2.13. The van der Waals surface area contributed by atoms with Gasteiger partial charge in [0.2, 0.25) is 0 Å². The van der Waals surface area contributed by atoms with E-state index in [4.69, 9.17) is 5.90 Å². The highest BCUT2D eigenvalue weighted by atomic mass is 32.1. The van der Waals surface area contributed by atoms with Gasteiger partial charge >= 0.3 is 0 Å². The predicted molar refractivity (Wildman–Crippen MR) is 75.5 cm³/mol. The second-order valence-electron chi connectivity index (χ2n) is 4.52. The molecule has 0 amide bonds. The molecule has 4 heteroatoms. The summed E-state index contributed by atoms with van der Waals surface area (Å²) in [5, 5.41) is 3.14. The average molecular weight is 262 g/mol. The van der Waals surface area contributed by atoms with E-state index in [2.05, 4.69) is 53.3 Å². The molecule has 18 heavy (non-hydrogen) atoms. The van der Waals surface area contributed by atoms with Crippen LogP contribution in [0.4, 0.5) is 0 Å². The Morgan fingerprint density at radius 2 is 2.00 bits per heavy atom. The van der Waals surface area contributed by atoms with Gasteiger partial charge in [0.15, 0.2) is 0 Å². The van der Waals surface area contributed by atoms with Crippen LogP contribution >= 0.6 is 11.3 Å². The zero-order valence-electron chi connectivity index (χ0n) is 10.7. The van der Waals surface area contributed by atoms with Crippen LogP contribution in [0.5, 0.6) is 0 Å². The van der Waals surface area contributed by atoms with Crippen LogP contribution in [0.25, 0.3) is 11.3 Å². The molecule has 0 atom stereocenters. The summed E-state index contributed by atoms with van der Waals surface area (Å²) >= 11 is 1.65. The highest BCUT2D eigenvalue weighted by Crippen LogP contribution is 2.24. The van der Waals surface area contributed by atoms with Crippen LogP contribution in [-0.2, 0) is 11.3 Å². The molecule has 0 unspecified atom stereocenters. The van der Waals surface area contributed by atoms with Crippen molar-refractivity contribution in [3.8, 4) is 11.3 Å². The molecule has 0 bridgehead atoms. The van der Waals surface area contributed by atoms with Crippen LogP contribution in [0.3, 0.4) is 0 Å². The molecule has 0 fully saturated rings. The number of hydrogen-bond acceptors (Lipinski definition) is 4. The summed E-state index contributed by atoms with van der Waals surface area (Å²) in [5.74, 6) is 5.58. The summed E-state index contributed by atoms with van der Waals surface area (Å²) in [6.07, 6.45) is 0.769. The molecule has 1 heterocycles. The smallest absolute Gasteiger partial charge is 0.0956 e. The zero-order valence-corrected chi connectivity index (χ0v) is 11.5. The second-order valence-corrected chi connectivity index (χ2v) is 5.47. The largest absolute Gasteiger partial charge is 0.304 e. The molecule has 0 spiro atoms. The topological polar surface area (TPSA) is 48.1 Å². The maximum Gasteiger partial charge on any atom is 0.0956 e. The molecule has 1 aromatic carbocycles. The van der Waals surface area contributed by atoms with Gasteiger partial charge < -0.3 is 4.84 Å². The molecular weight excluding hydrogens is 244 g/mol. The van der Waals surface area contributed by atoms with E-state index in [0.29, 0.717) is 12.5 Å². The molecule has 0 aliphatic carbocycles. The van der Waals surface area contributed by atoms with Crippen molar-refractivity contribution in [2.45, 2.75) is 26.2 Å². The van der Waals surface area contributed by atoms with Gasteiger partial charge in [0.05, 0.1) is 17.3 Å². The fourth-order valence-electron chi connectivity index (χ4n) is 1.74. The molecule has 0 radical (unpaired) electrons. The Morgan fingerprint density at radius 1 is 1.28 bits per heavy atom. The fourth-order valence-corrected chi connectivity index (χ4v) is 2.53. The second kappa shape index (κ2) is 6.09. The number of benzene rings is 1. The number of aromatic nitrogens is 1. The van der Waals surface area contributed by atoms with E-state index in [9.17, 15) is 0 Å². The first-order chi connectivity index (χ1) is 8.70. The predicted octanol–water partition coefficient (Wildman–Crippen LogP) is 3.37. The van der Waals surface area contributed by atoms with Crippen LogP contribution in [-0.4, -0.2) is 11.6 Å². The van der Waals surface area contributed by atoms with Gasteiger partial charge in [-0.15, -0.1) is 11.3 Å². The Morgan fingerprint density at radius 3 is 2.61 bits per heavy atom. The van der Waals surface area contributed by atoms with Gasteiger partial charge in [-0.25, -0.2) is 10.9 Å². The number of nitrogens with zero attached hydrogens (tertiary/aromatic N) is 1. The summed E-state index contributed by atoms with van der Waals surface area (Å²) in [6.45, 7) is 4.91. The van der Waals surface area contributed by atoms with Crippen molar-refractivity contribution in [2.24, 2.45) is 5.90 Å². The maximum absolute atomic E-state index is 5.02. The average Bonchev–Trinajstić information content (AvgIpc) is 2.85. The summed E-state index contributed by atoms with van der Waals surface area (Å²) in [7, 11) is 0. The maximum atomic E-state index is 5.02. The lowest BCUT2D eigenvalue weighted by atomic mass is 10.0. The monoisotopic (exact) mass is 262 g/mol. The first-order valence-electron chi connectivity index (χ1n) is 6.07. The molecule has 0 aliphatic heterocycles. The third-order valence-corrected chi connectivity index (χ3v) is 3.77. The molecule has 0 saturated heterocycles. The minimum absolute atomic E-state index is 0.513. The number of nitrogens with two attached hydrogens (primary N) is 1. The van der Waals surface area contributed by atoms with Gasteiger partial charge in [0, 0.05) is 17.4 Å². The molecule has 3 nitrogen and oxygen atoms in total. The molecule has 96 valence electrons. The van der Waals surface area contributed by atoms with Crippen LogP contribution in [0.1, 0.15) is 30.3 Å². The van der Waals surface area contributed by atoms with Crippen LogP contribution in [0.15, 0.2) is 29.6 Å². The number of thiazole rings is 1. The van der Waals surface area contributed by atoms with Crippen LogP contribution in [0.2, 0.25) is 0 Å². The van der Waals surface area contributed by atoms with Gasteiger partial charge in [0.25, 0.3) is 0 Å². The lowest BCUT2D eigenvalue weighted by molar-refractivity contribution is 0.141. The van der Waals surface area contributed by atoms with Crippen molar-refractivity contribution < 1.29 is 4.84 Å². The Bertz CT molecular complexity index is 491. The van der Waals surface area contributed by atoms with Crippen molar-refractivity contribution in [2.75, 3.05) is 6.61 Å². The third-order valence-electron chi connectivity index (χ3n) is 2.86. The van der Waals surface area contributed by atoms with Crippen molar-refractivity contribution in [1.82, 2.24) is 4.98 Å². The first kappa shape index (κ1) is 13.2. The van der Waals surface area contributed by atoms with Crippen molar-refractivity contribution >= 4 is 11.3 Å². The zero-order chi connectivity index (χ0) is 13.0. The van der Waals surface area contributed by atoms with Gasteiger partial charge in [-0.3, -0.25) is 0 Å². The molecule has 2 N–H and O–H groups in total. The standard InChI is InChI=1S/C14H18N2OS/c1-10(2)11-3-5-12(6-4-11)13-9-18-14(16-13)7-8-17-15/h3-6,9-10H,7-8,15H2,1-2H3. The van der Waals surface area contributed by atoms with E-state index in [1.54, 1.807) is 11.3 Å². The molecule has 0 aliphatic rings. The van der Waals surface area contributed by atoms with E-state index in [1.807, 2.05) is 0 Å². The quantitative estimate of drug-likeness (QED) is 0.840. The van der Waals surface area contributed by atoms with Gasteiger partial charge in [-0.2, -0.15) is 0 Å². The summed E-state index contributed by atoms with van der Waals surface area (Å²) in [4.78, 5) is 9.14. The molecule has 2 aromatic rings. The number of rotatable bonds is 5. The Kier molecular flexibility index (Phi) is 4.47. The minimum Gasteiger partial charge on any atom is -0.304 e. The first-order valence-corrected chi connectivity index (χ1v) is 6.95. The van der Waals surface area contributed by atoms with E-state index in [-0.39, 0.29) is 0 Å². The highest BCUT2D eigenvalue weighted by Gasteiger charge is 2.05. The lowest BCUT2D eigenvalue weighted by Gasteiger charge is -2.05. The van der Waals surface area contributed by atoms with E-state index >= 15 is 0 Å². The number of hydrogen-bond donors (Lipinski definition) is 1. The Hall–Kier alpha value is -1.23. The van der Waals surface area contributed by atoms with E-state index in [1.165, 1.54) is 5.56 Å². The lowest BCUT2D eigenvalue weighted by Crippen LogP contribution is -2.03. The van der Waals surface area contributed by atoms with E-state index < -0.39 is 0 Å². The summed E-state index contributed by atoms with van der Waals surface area (Å²) in [6, 6.07) is 8.60. The SMILES string of the molecule is CC(C)c1ccc(-c2csc(CCON)n2)cc1. The Labute approximate surface area is 112 Å². The van der Waals surface area contributed by atoms with Crippen molar-refractivity contribution in [1.29, 1.82) is 0 Å². The van der Waals surface area contributed by atoms with E-state index in [0.717, 1.165) is 22.7 Å². The summed E-state index contributed by atoms with van der Waals surface area (Å²) in [5.41, 5.74) is 3.55.